The average Bonchev–Trinajstić information content (AvgIpc) is 3.26. The first-order chi connectivity index (χ1) is 15.0. The Balaban J connectivity index is 0.00000512. The van der Waals surface area contributed by atoms with Crippen LogP contribution in [0.15, 0.2) is 4.99 Å². The number of guanidine groups is 1. The van der Waals surface area contributed by atoms with Gasteiger partial charge in [0.05, 0.1) is 19.3 Å². The van der Waals surface area contributed by atoms with Crippen molar-refractivity contribution in [2.24, 2.45) is 10.9 Å². The second kappa shape index (κ2) is 16.1. The smallest absolute Gasteiger partial charge is 0.239 e. The van der Waals surface area contributed by atoms with Crippen LogP contribution in [0.5, 0.6) is 0 Å². The summed E-state index contributed by atoms with van der Waals surface area (Å²) < 4.78 is 5.56. The van der Waals surface area contributed by atoms with Crippen LogP contribution in [-0.4, -0.2) is 112 Å². The number of nitrogens with zero attached hydrogens (tertiary/aromatic N) is 4. The van der Waals surface area contributed by atoms with E-state index >= 15 is 0 Å². The van der Waals surface area contributed by atoms with Crippen molar-refractivity contribution in [3.8, 4) is 0 Å². The lowest BCUT2D eigenvalue weighted by molar-refractivity contribution is -0.133. The SMILES string of the molecule is CCC(CC)C(CNC(=NC)NCCCN1CCCC1C(=O)N(C)C)N1CCOCC1.I. The number of likely N-dealkylation sites (tertiary alicyclic amines) is 1. The highest BCUT2D eigenvalue weighted by Gasteiger charge is 2.31. The summed E-state index contributed by atoms with van der Waals surface area (Å²) in [5, 5.41) is 7.04. The van der Waals surface area contributed by atoms with Crippen LogP contribution in [0.4, 0.5) is 0 Å². The molecular weight excluding hydrogens is 519 g/mol. The van der Waals surface area contributed by atoms with Crippen LogP contribution in [0.1, 0.15) is 46.0 Å². The van der Waals surface area contributed by atoms with Crippen LogP contribution >= 0.6 is 24.0 Å². The molecule has 0 aromatic heterocycles. The monoisotopic (exact) mass is 566 g/mol. The number of nitrogens with one attached hydrogen (secondary N) is 2. The zero-order chi connectivity index (χ0) is 22.6. The van der Waals surface area contributed by atoms with E-state index in [4.69, 9.17) is 4.74 Å². The molecule has 0 aliphatic carbocycles. The lowest BCUT2D eigenvalue weighted by atomic mass is 9.92. The van der Waals surface area contributed by atoms with Crippen LogP contribution in [0.3, 0.4) is 0 Å². The van der Waals surface area contributed by atoms with Crippen molar-refractivity contribution in [3.05, 3.63) is 0 Å². The van der Waals surface area contributed by atoms with Gasteiger partial charge < -0.3 is 20.3 Å². The summed E-state index contributed by atoms with van der Waals surface area (Å²) in [5.41, 5.74) is 0. The van der Waals surface area contributed by atoms with Gasteiger partial charge in [-0.3, -0.25) is 19.6 Å². The first kappa shape index (κ1) is 29.4. The Morgan fingerprint density at radius 1 is 1.16 bits per heavy atom. The van der Waals surface area contributed by atoms with Crippen molar-refractivity contribution in [1.29, 1.82) is 0 Å². The van der Waals surface area contributed by atoms with Gasteiger partial charge in [0.2, 0.25) is 5.91 Å². The summed E-state index contributed by atoms with van der Waals surface area (Å²) in [6.45, 7) is 12.0. The zero-order valence-electron chi connectivity index (χ0n) is 20.9. The summed E-state index contributed by atoms with van der Waals surface area (Å²) in [5.74, 6) is 1.77. The first-order valence-electron chi connectivity index (χ1n) is 12.2. The van der Waals surface area contributed by atoms with Gasteiger partial charge in [-0.15, -0.1) is 24.0 Å². The van der Waals surface area contributed by atoms with E-state index in [0.717, 1.165) is 77.7 Å². The van der Waals surface area contributed by atoms with E-state index in [9.17, 15) is 4.79 Å². The van der Waals surface area contributed by atoms with Crippen molar-refractivity contribution in [2.75, 3.05) is 73.6 Å². The predicted octanol–water partition coefficient (Wildman–Crippen LogP) is 1.85. The number of carbonyl (C=O) groups is 1. The molecule has 2 aliphatic rings. The molecule has 2 unspecified atom stereocenters. The van der Waals surface area contributed by atoms with Gasteiger partial charge in [0.1, 0.15) is 0 Å². The highest BCUT2D eigenvalue weighted by molar-refractivity contribution is 14.0. The molecule has 0 bridgehead atoms. The van der Waals surface area contributed by atoms with Crippen molar-refractivity contribution >= 4 is 35.8 Å². The first-order valence-corrected chi connectivity index (χ1v) is 12.2. The third kappa shape index (κ3) is 8.95. The molecule has 2 heterocycles. The maximum absolute atomic E-state index is 12.4. The summed E-state index contributed by atoms with van der Waals surface area (Å²) in [4.78, 5) is 23.4. The van der Waals surface area contributed by atoms with Crippen molar-refractivity contribution in [3.63, 3.8) is 0 Å². The van der Waals surface area contributed by atoms with Gasteiger partial charge in [-0.25, -0.2) is 0 Å². The fourth-order valence-corrected chi connectivity index (χ4v) is 4.92. The molecule has 2 atom stereocenters. The number of likely N-dealkylation sites (N-methyl/N-ethyl adjacent to an activating group) is 1. The quantitative estimate of drug-likeness (QED) is 0.172. The number of aliphatic imine (C=N–C) groups is 1. The summed E-state index contributed by atoms with van der Waals surface area (Å²) in [6.07, 6.45) is 5.47. The number of hydrogen-bond donors (Lipinski definition) is 2. The topological polar surface area (TPSA) is 72.4 Å². The average molecular weight is 567 g/mol. The molecule has 0 aromatic carbocycles. The van der Waals surface area contributed by atoms with E-state index in [0.29, 0.717) is 12.0 Å². The third-order valence-electron chi connectivity index (χ3n) is 6.81. The Bertz CT molecular complexity index is 553. The molecule has 0 aromatic rings. The van der Waals surface area contributed by atoms with E-state index < -0.39 is 0 Å². The second-order valence-electron chi connectivity index (χ2n) is 8.95. The number of carbonyl (C=O) groups excluding carboxylic acids is 1. The molecule has 2 N–H and O–H groups in total. The molecule has 2 saturated heterocycles. The minimum absolute atomic E-state index is 0. The molecule has 2 rings (SSSR count). The number of rotatable bonds is 11. The van der Waals surface area contributed by atoms with Gasteiger partial charge >= 0.3 is 0 Å². The standard InChI is InChI=1S/C23H46N6O2.HI/c1-6-19(7-2)21(29-14-16-31-17-15-29)18-26-23(24-3)25-11-9-13-28-12-8-10-20(28)22(30)27(4)5;/h19-21H,6-18H2,1-5H3,(H2,24,25,26);1H. The van der Waals surface area contributed by atoms with Crippen molar-refractivity contribution in [1.82, 2.24) is 25.3 Å². The number of hydrogen-bond acceptors (Lipinski definition) is 5. The van der Waals surface area contributed by atoms with Crippen molar-refractivity contribution < 1.29 is 9.53 Å². The Morgan fingerprint density at radius 3 is 2.44 bits per heavy atom. The van der Waals surface area contributed by atoms with Gasteiger partial charge in [0, 0.05) is 59.9 Å². The summed E-state index contributed by atoms with van der Waals surface area (Å²) in [6, 6.07) is 0.557. The van der Waals surface area contributed by atoms with Crippen LogP contribution in [0.25, 0.3) is 0 Å². The van der Waals surface area contributed by atoms with Gasteiger partial charge in [-0.1, -0.05) is 26.7 Å². The maximum Gasteiger partial charge on any atom is 0.239 e. The maximum atomic E-state index is 12.4. The Kier molecular flexibility index (Phi) is 14.7. The molecule has 188 valence electrons. The summed E-state index contributed by atoms with van der Waals surface area (Å²) >= 11 is 0. The minimum Gasteiger partial charge on any atom is -0.379 e. The number of halogens is 1. The Hall–Kier alpha value is -0.650. The van der Waals surface area contributed by atoms with Crippen LogP contribution < -0.4 is 10.6 Å². The minimum atomic E-state index is 0. The van der Waals surface area contributed by atoms with E-state index in [2.05, 4.69) is 39.3 Å². The number of amides is 1. The fraction of sp³-hybridized carbons (Fsp3) is 0.913. The highest BCUT2D eigenvalue weighted by Crippen LogP contribution is 2.20. The van der Waals surface area contributed by atoms with Gasteiger partial charge in [-0.05, 0) is 31.7 Å². The second-order valence-corrected chi connectivity index (χ2v) is 8.95. The van der Waals surface area contributed by atoms with Crippen LogP contribution in [0, 0.1) is 5.92 Å². The zero-order valence-corrected chi connectivity index (χ0v) is 23.3. The highest BCUT2D eigenvalue weighted by atomic mass is 127. The van der Waals surface area contributed by atoms with Gasteiger partial charge in [-0.2, -0.15) is 0 Å². The number of morpholine rings is 1. The predicted molar refractivity (Wildman–Crippen MR) is 143 cm³/mol. The molecule has 0 saturated carbocycles. The Morgan fingerprint density at radius 2 is 1.84 bits per heavy atom. The molecule has 8 nitrogen and oxygen atoms in total. The molecule has 32 heavy (non-hydrogen) atoms. The van der Waals surface area contributed by atoms with E-state index in [-0.39, 0.29) is 35.9 Å². The molecule has 0 spiro atoms. The van der Waals surface area contributed by atoms with E-state index in [1.54, 1.807) is 4.90 Å². The lowest BCUT2D eigenvalue weighted by Gasteiger charge is -2.39. The fourth-order valence-electron chi connectivity index (χ4n) is 4.92. The molecule has 2 aliphatic heterocycles. The molecule has 0 radical (unpaired) electrons. The normalized spacial score (nSPS) is 21.3. The number of ether oxygens (including phenoxy) is 1. The Labute approximate surface area is 212 Å². The molecule has 1 amide bonds. The third-order valence-corrected chi connectivity index (χ3v) is 6.81. The lowest BCUT2D eigenvalue weighted by Crippen LogP contribution is -2.53. The van der Waals surface area contributed by atoms with E-state index in [1.165, 1.54) is 12.8 Å². The van der Waals surface area contributed by atoms with Crippen LogP contribution in [-0.2, 0) is 9.53 Å². The van der Waals surface area contributed by atoms with Crippen LogP contribution in [0.2, 0.25) is 0 Å². The van der Waals surface area contributed by atoms with Crippen molar-refractivity contribution in [2.45, 2.75) is 58.0 Å². The molecule has 9 heteroatoms. The van der Waals surface area contributed by atoms with Gasteiger partial charge in [0.15, 0.2) is 5.96 Å². The van der Waals surface area contributed by atoms with E-state index in [1.807, 2.05) is 21.1 Å². The van der Waals surface area contributed by atoms with Gasteiger partial charge in [0.25, 0.3) is 0 Å². The summed E-state index contributed by atoms with van der Waals surface area (Å²) in [7, 11) is 5.53. The largest absolute Gasteiger partial charge is 0.379 e. The molecule has 2 fully saturated rings. The molecular formula is C23H47IN6O2.